The average molecular weight is 203 g/mol. The molecule has 3 nitrogen and oxygen atoms in total. The Labute approximate surface area is 89.3 Å². The predicted octanol–water partition coefficient (Wildman–Crippen LogP) is 2.47. The van der Waals surface area contributed by atoms with Crippen LogP contribution in [0.2, 0.25) is 0 Å². The first-order chi connectivity index (χ1) is 7.10. The molecule has 0 aliphatic carbocycles. The topological polar surface area (TPSA) is 50.1 Å². The number of nitriles is 1. The number of ketones is 1. The number of aryl methyl sites for hydroxylation is 1. The van der Waals surface area contributed by atoms with Crippen molar-refractivity contribution in [3.63, 3.8) is 0 Å². The molecule has 0 amide bonds. The van der Waals surface area contributed by atoms with Crippen molar-refractivity contribution in [3.05, 3.63) is 28.8 Å². The Balaban J connectivity index is 3.33. The van der Waals surface area contributed by atoms with E-state index in [1.807, 2.05) is 13.8 Å². The summed E-state index contributed by atoms with van der Waals surface area (Å²) in [4.78, 5) is 11.3. The quantitative estimate of drug-likeness (QED) is 0.709. The van der Waals surface area contributed by atoms with Crippen molar-refractivity contribution in [1.82, 2.24) is 0 Å². The molecule has 0 aliphatic heterocycles. The zero-order valence-electron chi connectivity index (χ0n) is 9.13. The number of benzene rings is 1. The second-order valence-electron chi connectivity index (χ2n) is 3.26. The Morgan fingerprint density at radius 1 is 1.53 bits per heavy atom. The maximum absolute atomic E-state index is 11.3. The molecule has 0 bridgehead atoms. The normalized spacial score (nSPS) is 9.47. The molecule has 0 saturated carbocycles. The minimum absolute atomic E-state index is 0.0880. The average Bonchev–Trinajstić information content (AvgIpc) is 2.18. The van der Waals surface area contributed by atoms with Gasteiger partial charge in [0.2, 0.25) is 0 Å². The van der Waals surface area contributed by atoms with Gasteiger partial charge in [-0.1, -0.05) is 0 Å². The fourth-order valence-corrected chi connectivity index (χ4v) is 1.35. The van der Waals surface area contributed by atoms with Gasteiger partial charge < -0.3 is 4.74 Å². The summed E-state index contributed by atoms with van der Waals surface area (Å²) in [6.07, 6.45) is 0. The molecule has 0 aliphatic rings. The molecule has 0 radical (unpaired) electrons. The molecule has 1 aromatic carbocycles. The van der Waals surface area contributed by atoms with Crippen LogP contribution in [0, 0.1) is 18.3 Å². The van der Waals surface area contributed by atoms with Crippen LogP contribution >= 0.6 is 0 Å². The molecule has 15 heavy (non-hydrogen) atoms. The minimum Gasteiger partial charge on any atom is -0.493 e. The smallest absolute Gasteiger partial charge is 0.163 e. The number of Topliss-reactive ketones (excluding diaryl/α,β-unsaturated/α-hetero) is 1. The molecule has 0 fully saturated rings. The summed E-state index contributed by atoms with van der Waals surface area (Å²) >= 11 is 0. The van der Waals surface area contributed by atoms with Gasteiger partial charge >= 0.3 is 0 Å². The molecule has 0 spiro atoms. The summed E-state index contributed by atoms with van der Waals surface area (Å²) in [5, 5.41) is 8.84. The van der Waals surface area contributed by atoms with Crippen LogP contribution in [-0.2, 0) is 0 Å². The van der Waals surface area contributed by atoms with Crippen molar-refractivity contribution in [2.45, 2.75) is 20.8 Å². The zero-order chi connectivity index (χ0) is 11.4. The van der Waals surface area contributed by atoms with Crippen LogP contribution < -0.4 is 4.74 Å². The van der Waals surface area contributed by atoms with E-state index in [0.717, 1.165) is 5.56 Å². The maximum Gasteiger partial charge on any atom is 0.163 e. The van der Waals surface area contributed by atoms with Crippen LogP contribution in [0.15, 0.2) is 12.1 Å². The van der Waals surface area contributed by atoms with E-state index in [0.29, 0.717) is 23.5 Å². The SMILES string of the molecule is CCOc1cc(C)c(C#N)cc1C(C)=O. The maximum atomic E-state index is 11.3. The van der Waals surface area contributed by atoms with Crippen molar-refractivity contribution in [3.8, 4) is 11.8 Å². The van der Waals surface area contributed by atoms with Gasteiger partial charge in [-0.25, -0.2) is 0 Å². The monoisotopic (exact) mass is 203 g/mol. The van der Waals surface area contributed by atoms with Crippen LogP contribution in [-0.4, -0.2) is 12.4 Å². The largest absolute Gasteiger partial charge is 0.493 e. The lowest BCUT2D eigenvalue weighted by atomic mass is 10.0. The third kappa shape index (κ3) is 2.35. The van der Waals surface area contributed by atoms with E-state index in [1.54, 1.807) is 12.1 Å². The van der Waals surface area contributed by atoms with Gasteiger partial charge in [0.15, 0.2) is 5.78 Å². The van der Waals surface area contributed by atoms with Gasteiger partial charge in [-0.15, -0.1) is 0 Å². The molecule has 3 heteroatoms. The molecular formula is C12H13NO2. The molecule has 78 valence electrons. The first-order valence-corrected chi connectivity index (χ1v) is 4.78. The first kappa shape index (κ1) is 11.3. The summed E-state index contributed by atoms with van der Waals surface area (Å²) in [6, 6.07) is 5.37. The van der Waals surface area contributed by atoms with Gasteiger partial charge in [-0.05, 0) is 38.5 Å². The standard InChI is InChI=1S/C12H13NO2/c1-4-15-12-5-8(2)10(7-13)6-11(12)9(3)14/h5-6H,4H2,1-3H3. The molecule has 0 unspecified atom stereocenters. The van der Waals surface area contributed by atoms with E-state index >= 15 is 0 Å². The van der Waals surface area contributed by atoms with E-state index in [2.05, 4.69) is 6.07 Å². The number of ether oxygens (including phenoxy) is 1. The Hall–Kier alpha value is -1.82. The number of hydrogen-bond acceptors (Lipinski definition) is 3. The van der Waals surface area contributed by atoms with E-state index < -0.39 is 0 Å². The fraction of sp³-hybridized carbons (Fsp3) is 0.333. The Morgan fingerprint density at radius 2 is 2.20 bits per heavy atom. The van der Waals surface area contributed by atoms with Crippen LogP contribution in [0.25, 0.3) is 0 Å². The van der Waals surface area contributed by atoms with E-state index in [4.69, 9.17) is 10.00 Å². The van der Waals surface area contributed by atoms with E-state index in [9.17, 15) is 4.79 Å². The van der Waals surface area contributed by atoms with E-state index in [1.165, 1.54) is 6.92 Å². The minimum atomic E-state index is -0.0880. The number of nitrogens with zero attached hydrogens (tertiary/aromatic N) is 1. The Morgan fingerprint density at radius 3 is 2.67 bits per heavy atom. The third-order valence-corrected chi connectivity index (χ3v) is 2.13. The summed E-state index contributed by atoms with van der Waals surface area (Å²) in [7, 11) is 0. The van der Waals surface area contributed by atoms with Crippen LogP contribution in [0.4, 0.5) is 0 Å². The third-order valence-electron chi connectivity index (χ3n) is 2.13. The number of hydrogen-bond donors (Lipinski definition) is 0. The van der Waals surface area contributed by atoms with Gasteiger partial charge in [0.1, 0.15) is 5.75 Å². The number of rotatable bonds is 3. The first-order valence-electron chi connectivity index (χ1n) is 4.78. The Kier molecular flexibility index (Phi) is 3.46. The second kappa shape index (κ2) is 4.61. The van der Waals surface area contributed by atoms with Crippen molar-refractivity contribution in [2.24, 2.45) is 0 Å². The van der Waals surface area contributed by atoms with Gasteiger partial charge in [-0.2, -0.15) is 5.26 Å². The Bertz CT molecular complexity index is 430. The van der Waals surface area contributed by atoms with Crippen molar-refractivity contribution in [1.29, 1.82) is 5.26 Å². The van der Waals surface area contributed by atoms with E-state index in [-0.39, 0.29) is 5.78 Å². The molecule has 0 atom stereocenters. The van der Waals surface area contributed by atoms with Gasteiger partial charge in [0.25, 0.3) is 0 Å². The highest BCUT2D eigenvalue weighted by molar-refractivity contribution is 5.97. The molecule has 0 heterocycles. The number of carbonyl (C=O) groups is 1. The zero-order valence-corrected chi connectivity index (χ0v) is 9.13. The van der Waals surface area contributed by atoms with Gasteiger partial charge in [0.05, 0.1) is 23.8 Å². The van der Waals surface area contributed by atoms with Crippen LogP contribution in [0.1, 0.15) is 35.3 Å². The molecule has 0 saturated heterocycles. The van der Waals surface area contributed by atoms with Crippen LogP contribution in [0.5, 0.6) is 5.75 Å². The highest BCUT2D eigenvalue weighted by Gasteiger charge is 2.11. The highest BCUT2D eigenvalue weighted by atomic mass is 16.5. The lowest BCUT2D eigenvalue weighted by Crippen LogP contribution is -2.02. The van der Waals surface area contributed by atoms with Crippen molar-refractivity contribution >= 4 is 5.78 Å². The van der Waals surface area contributed by atoms with Crippen molar-refractivity contribution in [2.75, 3.05) is 6.61 Å². The molecule has 1 rings (SSSR count). The van der Waals surface area contributed by atoms with Crippen molar-refractivity contribution < 1.29 is 9.53 Å². The summed E-state index contributed by atoms with van der Waals surface area (Å²) < 4.78 is 5.35. The lowest BCUT2D eigenvalue weighted by molar-refractivity contribution is 0.101. The van der Waals surface area contributed by atoms with Crippen LogP contribution in [0.3, 0.4) is 0 Å². The fourth-order valence-electron chi connectivity index (χ4n) is 1.35. The summed E-state index contributed by atoms with van der Waals surface area (Å²) in [5.41, 5.74) is 1.81. The molecule has 0 aromatic heterocycles. The van der Waals surface area contributed by atoms with Gasteiger partial charge in [-0.3, -0.25) is 4.79 Å². The lowest BCUT2D eigenvalue weighted by Gasteiger charge is -2.09. The predicted molar refractivity (Wildman–Crippen MR) is 57.1 cm³/mol. The number of carbonyl (C=O) groups excluding carboxylic acids is 1. The highest BCUT2D eigenvalue weighted by Crippen LogP contribution is 2.23. The summed E-state index contributed by atoms with van der Waals surface area (Å²) in [6.45, 7) is 5.66. The second-order valence-corrected chi connectivity index (χ2v) is 3.26. The summed E-state index contributed by atoms with van der Waals surface area (Å²) in [5.74, 6) is 0.469. The molecular weight excluding hydrogens is 190 g/mol. The molecule has 0 N–H and O–H groups in total. The molecule has 1 aromatic rings. The van der Waals surface area contributed by atoms with Gasteiger partial charge in [0, 0.05) is 0 Å².